The highest BCUT2D eigenvalue weighted by atomic mass is 19.3. The van der Waals surface area contributed by atoms with E-state index in [1.54, 1.807) is 0 Å². The summed E-state index contributed by atoms with van der Waals surface area (Å²) in [6, 6.07) is 0. The minimum Gasteiger partial charge on any atom is -0.269 e. The molecule has 0 spiro atoms. The van der Waals surface area contributed by atoms with E-state index in [0.717, 1.165) is 11.4 Å². The van der Waals surface area contributed by atoms with Gasteiger partial charge in [0, 0.05) is 6.54 Å². The zero-order chi connectivity index (χ0) is 7.28. The van der Waals surface area contributed by atoms with E-state index >= 15 is 0 Å². The normalized spacial score (nSPS) is 11.3. The van der Waals surface area contributed by atoms with Crippen molar-refractivity contribution >= 4 is 0 Å². The number of nitrogens with two attached hydrogens (primary N) is 1. The van der Waals surface area contributed by atoms with Crippen LogP contribution >= 0.6 is 0 Å². The van der Waals surface area contributed by atoms with E-state index in [0.29, 0.717) is 6.54 Å². The highest BCUT2D eigenvalue weighted by molar-refractivity contribution is 4.47. The van der Waals surface area contributed by atoms with Crippen molar-refractivity contribution in [2.45, 2.75) is 19.8 Å². The molecule has 2 N–H and O–H groups in total. The second-order valence-corrected chi connectivity index (χ2v) is 1.89. The predicted octanol–water partition coefficient (Wildman–Crippen LogP) is 0.837. The van der Waals surface area contributed by atoms with E-state index in [-0.39, 0.29) is 6.54 Å². The first-order valence-electron chi connectivity index (χ1n) is 2.94. The highest BCUT2D eigenvalue weighted by Crippen LogP contribution is 1.93. The van der Waals surface area contributed by atoms with Gasteiger partial charge >= 0.3 is 0 Å². The maximum atomic E-state index is 11.5. The fraction of sp³-hybridized carbons (Fsp3) is 1.00. The van der Waals surface area contributed by atoms with Crippen molar-refractivity contribution in [1.82, 2.24) is 5.01 Å². The summed E-state index contributed by atoms with van der Waals surface area (Å²) in [5.41, 5.74) is 0. The van der Waals surface area contributed by atoms with Crippen LogP contribution in [-0.2, 0) is 0 Å². The van der Waals surface area contributed by atoms with Crippen LogP contribution in [0.3, 0.4) is 0 Å². The van der Waals surface area contributed by atoms with Gasteiger partial charge in [0.05, 0.1) is 6.54 Å². The molecule has 2 nitrogen and oxygen atoms in total. The third-order valence-corrected chi connectivity index (χ3v) is 0.883. The monoisotopic (exact) mass is 138 g/mol. The largest absolute Gasteiger partial charge is 0.269 e. The molecule has 0 aliphatic carbocycles. The van der Waals surface area contributed by atoms with Crippen molar-refractivity contribution in [3.63, 3.8) is 0 Å². The first-order chi connectivity index (χ1) is 4.16. The second-order valence-electron chi connectivity index (χ2n) is 1.89. The molecule has 0 aliphatic heterocycles. The fourth-order valence-corrected chi connectivity index (χ4v) is 0.556. The lowest BCUT2D eigenvalue weighted by atomic mass is 10.4. The average Bonchev–Trinajstić information content (AvgIpc) is 1.63. The van der Waals surface area contributed by atoms with Crippen LogP contribution < -0.4 is 5.84 Å². The van der Waals surface area contributed by atoms with Crippen LogP contribution in [0.2, 0.25) is 0 Å². The maximum absolute atomic E-state index is 11.5. The van der Waals surface area contributed by atoms with Gasteiger partial charge < -0.3 is 0 Å². The summed E-state index contributed by atoms with van der Waals surface area (Å²) in [7, 11) is 0. The second kappa shape index (κ2) is 4.64. The van der Waals surface area contributed by atoms with Gasteiger partial charge in [0.2, 0.25) is 0 Å². The Morgan fingerprint density at radius 2 is 2.11 bits per heavy atom. The SMILES string of the molecule is CCCN(N)CC(F)F. The maximum Gasteiger partial charge on any atom is 0.252 e. The Morgan fingerprint density at radius 3 is 2.44 bits per heavy atom. The fourth-order valence-electron chi connectivity index (χ4n) is 0.556. The van der Waals surface area contributed by atoms with Crippen LogP contribution in [0.25, 0.3) is 0 Å². The van der Waals surface area contributed by atoms with Gasteiger partial charge in [-0.05, 0) is 6.42 Å². The number of hydrogen-bond acceptors (Lipinski definition) is 2. The Morgan fingerprint density at radius 1 is 1.56 bits per heavy atom. The molecule has 0 atom stereocenters. The Kier molecular flexibility index (Phi) is 4.53. The third kappa shape index (κ3) is 5.65. The Labute approximate surface area is 53.6 Å². The van der Waals surface area contributed by atoms with Crippen molar-refractivity contribution in [2.24, 2.45) is 5.84 Å². The molecule has 0 bridgehead atoms. The minimum absolute atomic E-state index is 0.326. The van der Waals surface area contributed by atoms with Crippen molar-refractivity contribution in [1.29, 1.82) is 0 Å². The van der Waals surface area contributed by atoms with Gasteiger partial charge in [-0.15, -0.1) is 0 Å². The van der Waals surface area contributed by atoms with Crippen molar-refractivity contribution < 1.29 is 8.78 Å². The molecule has 0 aromatic carbocycles. The topological polar surface area (TPSA) is 29.3 Å². The lowest BCUT2D eigenvalue weighted by Crippen LogP contribution is -2.35. The molecule has 0 aromatic heterocycles. The van der Waals surface area contributed by atoms with Crippen LogP contribution in [0.15, 0.2) is 0 Å². The van der Waals surface area contributed by atoms with Crippen LogP contribution in [0.5, 0.6) is 0 Å². The van der Waals surface area contributed by atoms with Gasteiger partial charge in [0.1, 0.15) is 0 Å². The van der Waals surface area contributed by atoms with E-state index in [4.69, 9.17) is 5.84 Å². The molecule has 4 heteroatoms. The van der Waals surface area contributed by atoms with E-state index in [1.807, 2.05) is 6.92 Å². The summed E-state index contributed by atoms with van der Waals surface area (Å²) in [5, 5.41) is 1.13. The Balaban J connectivity index is 3.15. The summed E-state index contributed by atoms with van der Waals surface area (Å²) in [4.78, 5) is 0. The summed E-state index contributed by atoms with van der Waals surface area (Å²) < 4.78 is 23.0. The number of nitrogens with zero attached hydrogens (tertiary/aromatic N) is 1. The minimum atomic E-state index is -2.32. The number of hydrogen-bond donors (Lipinski definition) is 1. The molecule has 0 heterocycles. The summed E-state index contributed by atoms with van der Waals surface area (Å²) in [5.74, 6) is 5.14. The quantitative estimate of drug-likeness (QED) is 0.460. The molecule has 0 unspecified atom stereocenters. The summed E-state index contributed by atoms with van der Waals surface area (Å²) in [6.45, 7) is 2.10. The van der Waals surface area contributed by atoms with Crippen molar-refractivity contribution in [2.75, 3.05) is 13.1 Å². The van der Waals surface area contributed by atoms with E-state index < -0.39 is 6.43 Å². The van der Waals surface area contributed by atoms with Gasteiger partial charge in [-0.25, -0.2) is 13.8 Å². The highest BCUT2D eigenvalue weighted by Gasteiger charge is 2.05. The lowest BCUT2D eigenvalue weighted by molar-refractivity contribution is 0.0885. The molecule has 0 amide bonds. The number of hydrazine groups is 1. The molecule has 9 heavy (non-hydrogen) atoms. The summed E-state index contributed by atoms with van der Waals surface area (Å²) >= 11 is 0. The molecule has 0 saturated heterocycles. The number of rotatable bonds is 4. The molecule has 0 saturated carbocycles. The van der Waals surface area contributed by atoms with Gasteiger partial charge in [0.25, 0.3) is 6.43 Å². The van der Waals surface area contributed by atoms with Crippen molar-refractivity contribution in [3.8, 4) is 0 Å². The number of alkyl halides is 2. The predicted molar refractivity (Wildman–Crippen MR) is 32.1 cm³/mol. The molecule has 0 fully saturated rings. The molecule has 56 valence electrons. The summed E-state index contributed by atoms with van der Waals surface area (Å²) in [6.07, 6.45) is -1.51. The molecule has 0 radical (unpaired) electrons. The molecular weight excluding hydrogens is 126 g/mol. The van der Waals surface area contributed by atoms with E-state index in [2.05, 4.69) is 0 Å². The third-order valence-electron chi connectivity index (χ3n) is 0.883. The smallest absolute Gasteiger partial charge is 0.252 e. The Bertz CT molecular complexity index is 68.0. The van der Waals surface area contributed by atoms with Gasteiger partial charge in [-0.3, -0.25) is 5.84 Å². The lowest BCUT2D eigenvalue weighted by Gasteiger charge is -2.13. The molecule has 0 aromatic rings. The zero-order valence-electron chi connectivity index (χ0n) is 5.48. The van der Waals surface area contributed by atoms with Gasteiger partial charge in [-0.1, -0.05) is 6.92 Å². The van der Waals surface area contributed by atoms with Crippen LogP contribution in [0.1, 0.15) is 13.3 Å². The molecule has 0 rings (SSSR count). The molecule has 0 aliphatic rings. The standard InChI is InChI=1S/C5H12F2N2/c1-2-3-9(8)4-5(6)7/h5H,2-4,8H2,1H3. The van der Waals surface area contributed by atoms with Crippen LogP contribution in [0.4, 0.5) is 8.78 Å². The van der Waals surface area contributed by atoms with Crippen LogP contribution in [-0.4, -0.2) is 24.5 Å². The van der Waals surface area contributed by atoms with E-state index in [9.17, 15) is 8.78 Å². The average molecular weight is 138 g/mol. The number of halogens is 2. The van der Waals surface area contributed by atoms with Crippen molar-refractivity contribution in [3.05, 3.63) is 0 Å². The first kappa shape index (κ1) is 8.78. The first-order valence-corrected chi connectivity index (χ1v) is 2.94. The van der Waals surface area contributed by atoms with Gasteiger partial charge in [0.15, 0.2) is 0 Å². The van der Waals surface area contributed by atoms with Crippen LogP contribution in [0, 0.1) is 0 Å². The zero-order valence-corrected chi connectivity index (χ0v) is 5.48. The van der Waals surface area contributed by atoms with Gasteiger partial charge in [-0.2, -0.15) is 0 Å². The molecular formula is C5H12F2N2. The Hall–Kier alpha value is -0.220. The van der Waals surface area contributed by atoms with E-state index in [1.165, 1.54) is 0 Å².